The molecule has 0 unspecified atom stereocenters. The second-order valence-electron chi connectivity index (χ2n) is 2.46. The standard InChI is InChI=1S/C8H6F2N2O2/c9-8(10)4-1-7(14)6(3-13)12-5(4)2-11/h1,8,13-14H,3H2. The molecule has 0 aliphatic rings. The van der Waals surface area contributed by atoms with Crippen LogP contribution in [0.25, 0.3) is 0 Å². The van der Waals surface area contributed by atoms with E-state index in [1.165, 1.54) is 6.07 Å². The van der Waals surface area contributed by atoms with E-state index in [1.54, 1.807) is 0 Å². The number of aliphatic hydroxyl groups is 1. The molecule has 74 valence electrons. The van der Waals surface area contributed by atoms with Crippen molar-refractivity contribution in [3.63, 3.8) is 0 Å². The Morgan fingerprint density at radius 1 is 1.57 bits per heavy atom. The number of aliphatic hydroxyl groups excluding tert-OH is 1. The minimum atomic E-state index is -2.88. The molecule has 1 heterocycles. The van der Waals surface area contributed by atoms with Crippen molar-refractivity contribution in [2.45, 2.75) is 13.0 Å². The Kier molecular flexibility index (Phi) is 2.94. The summed E-state index contributed by atoms with van der Waals surface area (Å²) in [7, 11) is 0. The van der Waals surface area contributed by atoms with Gasteiger partial charge in [0, 0.05) is 0 Å². The quantitative estimate of drug-likeness (QED) is 0.749. The second kappa shape index (κ2) is 3.98. The lowest BCUT2D eigenvalue weighted by molar-refractivity contribution is 0.150. The molecular formula is C8H6F2N2O2. The summed E-state index contributed by atoms with van der Waals surface area (Å²) in [4.78, 5) is 3.39. The maximum absolute atomic E-state index is 12.3. The molecule has 0 aromatic carbocycles. The molecule has 2 N–H and O–H groups in total. The summed E-state index contributed by atoms with van der Waals surface area (Å²) in [5, 5.41) is 26.2. The van der Waals surface area contributed by atoms with Gasteiger partial charge in [0.2, 0.25) is 0 Å². The third-order valence-electron chi connectivity index (χ3n) is 1.60. The van der Waals surface area contributed by atoms with Crippen LogP contribution in [0.2, 0.25) is 0 Å². The summed E-state index contributed by atoms with van der Waals surface area (Å²) in [6.07, 6.45) is -2.88. The number of halogens is 2. The Morgan fingerprint density at radius 2 is 2.21 bits per heavy atom. The molecule has 1 rings (SSSR count). The van der Waals surface area contributed by atoms with Crippen molar-refractivity contribution >= 4 is 0 Å². The largest absolute Gasteiger partial charge is 0.506 e. The Balaban J connectivity index is 3.33. The first-order valence-corrected chi connectivity index (χ1v) is 3.62. The highest BCUT2D eigenvalue weighted by Crippen LogP contribution is 2.26. The first kappa shape index (κ1) is 10.3. The average Bonchev–Trinajstić information content (AvgIpc) is 2.17. The minimum Gasteiger partial charge on any atom is -0.506 e. The molecule has 0 atom stereocenters. The van der Waals surface area contributed by atoms with Crippen molar-refractivity contribution in [3.05, 3.63) is 23.0 Å². The van der Waals surface area contributed by atoms with Crippen molar-refractivity contribution < 1.29 is 19.0 Å². The fraction of sp³-hybridized carbons (Fsp3) is 0.250. The highest BCUT2D eigenvalue weighted by Gasteiger charge is 2.17. The SMILES string of the molecule is N#Cc1nc(CO)c(O)cc1C(F)F. The van der Waals surface area contributed by atoms with Crippen molar-refractivity contribution in [2.24, 2.45) is 0 Å². The topological polar surface area (TPSA) is 77.1 Å². The molecule has 0 saturated heterocycles. The second-order valence-corrected chi connectivity index (χ2v) is 2.46. The van der Waals surface area contributed by atoms with Gasteiger partial charge in [0.15, 0.2) is 0 Å². The van der Waals surface area contributed by atoms with E-state index in [0.29, 0.717) is 0 Å². The number of pyridine rings is 1. The highest BCUT2D eigenvalue weighted by atomic mass is 19.3. The normalized spacial score (nSPS) is 10.2. The van der Waals surface area contributed by atoms with E-state index in [-0.39, 0.29) is 5.69 Å². The summed E-state index contributed by atoms with van der Waals surface area (Å²) in [6.45, 7) is -0.607. The van der Waals surface area contributed by atoms with Gasteiger partial charge < -0.3 is 10.2 Å². The molecule has 0 amide bonds. The van der Waals surface area contributed by atoms with Crippen LogP contribution < -0.4 is 0 Å². The van der Waals surface area contributed by atoms with Crippen molar-refractivity contribution in [2.75, 3.05) is 0 Å². The number of rotatable bonds is 2. The summed E-state index contributed by atoms with van der Waals surface area (Å²) in [6, 6.07) is 2.20. The zero-order valence-corrected chi connectivity index (χ0v) is 6.91. The van der Waals surface area contributed by atoms with Crippen LogP contribution in [-0.4, -0.2) is 15.2 Å². The van der Waals surface area contributed by atoms with E-state index >= 15 is 0 Å². The molecule has 0 aliphatic carbocycles. The molecule has 1 aromatic rings. The van der Waals surface area contributed by atoms with Crippen LogP contribution in [-0.2, 0) is 6.61 Å². The monoisotopic (exact) mass is 200 g/mol. The van der Waals surface area contributed by atoms with Crippen LogP contribution >= 0.6 is 0 Å². The van der Waals surface area contributed by atoms with Crippen LogP contribution in [0.5, 0.6) is 5.75 Å². The van der Waals surface area contributed by atoms with Crippen LogP contribution in [0.15, 0.2) is 6.07 Å². The van der Waals surface area contributed by atoms with Gasteiger partial charge in [-0.25, -0.2) is 13.8 Å². The van der Waals surface area contributed by atoms with Crippen molar-refractivity contribution in [1.82, 2.24) is 4.98 Å². The highest BCUT2D eigenvalue weighted by molar-refractivity contribution is 5.40. The van der Waals surface area contributed by atoms with Gasteiger partial charge in [-0.3, -0.25) is 0 Å². The van der Waals surface area contributed by atoms with Crippen molar-refractivity contribution in [1.29, 1.82) is 5.26 Å². The maximum atomic E-state index is 12.3. The summed E-state index contributed by atoms with van der Waals surface area (Å²) in [5.41, 5.74) is -1.31. The Labute approximate surface area is 78.1 Å². The summed E-state index contributed by atoms with van der Waals surface area (Å²) in [5.74, 6) is -0.540. The first-order valence-electron chi connectivity index (χ1n) is 3.62. The maximum Gasteiger partial charge on any atom is 0.266 e. The van der Waals surface area contributed by atoms with Gasteiger partial charge in [-0.2, -0.15) is 5.26 Å². The molecule has 0 fully saturated rings. The molecule has 0 bridgehead atoms. The van der Waals surface area contributed by atoms with Crippen LogP contribution in [0.1, 0.15) is 23.4 Å². The number of nitrogens with zero attached hydrogens (tertiary/aromatic N) is 2. The number of nitriles is 1. The minimum absolute atomic E-state index is 0.189. The van der Waals surface area contributed by atoms with Gasteiger partial charge in [-0.15, -0.1) is 0 Å². The molecule has 0 aliphatic heterocycles. The molecule has 0 saturated carbocycles. The number of alkyl halides is 2. The number of hydrogen-bond acceptors (Lipinski definition) is 4. The Bertz CT molecular complexity index is 388. The van der Waals surface area contributed by atoms with Crippen LogP contribution in [0.4, 0.5) is 8.78 Å². The third-order valence-corrected chi connectivity index (χ3v) is 1.60. The lowest BCUT2D eigenvalue weighted by Crippen LogP contribution is -1.99. The summed E-state index contributed by atoms with van der Waals surface area (Å²) < 4.78 is 24.5. The molecule has 0 spiro atoms. The number of aromatic nitrogens is 1. The van der Waals surface area contributed by atoms with Gasteiger partial charge in [0.25, 0.3) is 6.43 Å². The zero-order valence-electron chi connectivity index (χ0n) is 6.91. The van der Waals surface area contributed by atoms with E-state index in [9.17, 15) is 8.78 Å². The van der Waals surface area contributed by atoms with E-state index in [2.05, 4.69) is 4.98 Å². The van der Waals surface area contributed by atoms with Crippen LogP contribution in [0, 0.1) is 11.3 Å². The van der Waals surface area contributed by atoms with Gasteiger partial charge in [-0.1, -0.05) is 0 Å². The van der Waals surface area contributed by atoms with E-state index in [4.69, 9.17) is 15.5 Å². The predicted molar refractivity (Wildman–Crippen MR) is 41.5 cm³/mol. The van der Waals surface area contributed by atoms with Gasteiger partial charge >= 0.3 is 0 Å². The van der Waals surface area contributed by atoms with Gasteiger partial charge in [-0.05, 0) is 6.07 Å². The number of aromatic hydroxyl groups is 1. The van der Waals surface area contributed by atoms with Gasteiger partial charge in [0.1, 0.15) is 23.2 Å². The van der Waals surface area contributed by atoms with Crippen LogP contribution in [0.3, 0.4) is 0 Å². The molecule has 1 aromatic heterocycles. The first-order chi connectivity index (χ1) is 6.60. The molecule has 4 nitrogen and oxygen atoms in total. The molecule has 0 radical (unpaired) electrons. The fourth-order valence-corrected chi connectivity index (χ4v) is 0.928. The van der Waals surface area contributed by atoms with E-state index in [1.807, 2.05) is 0 Å². The molecule has 6 heteroatoms. The average molecular weight is 200 g/mol. The number of hydrogen-bond donors (Lipinski definition) is 2. The van der Waals surface area contributed by atoms with E-state index in [0.717, 1.165) is 6.07 Å². The lowest BCUT2D eigenvalue weighted by Gasteiger charge is -2.05. The van der Waals surface area contributed by atoms with E-state index < -0.39 is 30.0 Å². The smallest absolute Gasteiger partial charge is 0.266 e. The third kappa shape index (κ3) is 1.78. The predicted octanol–water partition coefficient (Wildman–Crippen LogP) is 1.09. The van der Waals surface area contributed by atoms with Gasteiger partial charge in [0.05, 0.1) is 12.2 Å². The zero-order chi connectivity index (χ0) is 10.7. The van der Waals surface area contributed by atoms with Crippen molar-refractivity contribution in [3.8, 4) is 11.8 Å². The Morgan fingerprint density at radius 3 is 2.64 bits per heavy atom. The molecular weight excluding hydrogens is 194 g/mol. The Hall–Kier alpha value is -1.74. The molecule has 14 heavy (non-hydrogen) atoms. The fourth-order valence-electron chi connectivity index (χ4n) is 0.928. The lowest BCUT2D eigenvalue weighted by atomic mass is 10.1. The summed E-state index contributed by atoms with van der Waals surface area (Å²) >= 11 is 0.